The molecular formula is C11H12O. The number of carbonyl (C=O) groups is 1. The van der Waals surface area contributed by atoms with Crippen LogP contribution in [0.5, 0.6) is 0 Å². The molecule has 1 unspecified atom stereocenters. The molecule has 2 rings (SSSR count). The molecular weight excluding hydrogens is 148 g/mol. The van der Waals surface area contributed by atoms with Crippen LogP contribution in [0.4, 0.5) is 0 Å². The molecule has 0 radical (unpaired) electrons. The fourth-order valence-electron chi connectivity index (χ4n) is 1.74. The number of hydrogen-bond acceptors (Lipinski definition) is 1. The molecule has 1 fully saturated rings. The summed E-state index contributed by atoms with van der Waals surface area (Å²) in [6.45, 7) is 2.10. The quantitative estimate of drug-likeness (QED) is 0.532. The monoisotopic (exact) mass is 160 g/mol. The van der Waals surface area contributed by atoms with Crippen molar-refractivity contribution < 1.29 is 4.79 Å². The maximum atomic E-state index is 11.4. The van der Waals surface area contributed by atoms with Crippen molar-refractivity contribution in [3.63, 3.8) is 0 Å². The van der Waals surface area contributed by atoms with Gasteiger partial charge in [0.15, 0.2) is 5.78 Å². The third-order valence-corrected chi connectivity index (χ3v) is 2.41. The summed E-state index contributed by atoms with van der Waals surface area (Å²) in [5.41, 5.74) is 2.19. The van der Waals surface area contributed by atoms with Crippen molar-refractivity contribution in [2.75, 3.05) is 0 Å². The molecule has 2 aliphatic rings. The lowest BCUT2D eigenvalue weighted by molar-refractivity contribution is -0.114. The van der Waals surface area contributed by atoms with Gasteiger partial charge in [0, 0.05) is 12.0 Å². The number of Topliss-reactive ketones (excluding diaryl/α,β-unsaturated/α-hetero) is 1. The Kier molecular flexibility index (Phi) is 1.72. The normalized spacial score (nSPS) is 27.8. The lowest BCUT2D eigenvalue weighted by Crippen LogP contribution is -1.94. The van der Waals surface area contributed by atoms with Gasteiger partial charge in [0.05, 0.1) is 0 Å². The Morgan fingerprint density at radius 2 is 2.25 bits per heavy atom. The number of rotatable bonds is 0. The predicted octanol–water partition coefficient (Wildman–Crippen LogP) is 2.41. The lowest BCUT2D eigenvalue weighted by atomic mass is 10.1. The molecule has 1 saturated carbocycles. The summed E-state index contributed by atoms with van der Waals surface area (Å²) in [6, 6.07) is 0. The first-order valence-electron chi connectivity index (χ1n) is 4.40. The van der Waals surface area contributed by atoms with Gasteiger partial charge in [-0.25, -0.2) is 0 Å². The molecule has 1 nitrogen and oxygen atoms in total. The van der Waals surface area contributed by atoms with Crippen LogP contribution in [0, 0.1) is 5.92 Å². The first kappa shape index (κ1) is 7.53. The highest BCUT2D eigenvalue weighted by Crippen LogP contribution is 2.30. The van der Waals surface area contributed by atoms with E-state index in [2.05, 4.69) is 31.2 Å². The van der Waals surface area contributed by atoms with E-state index in [1.165, 1.54) is 5.57 Å². The van der Waals surface area contributed by atoms with E-state index in [1.807, 2.05) is 0 Å². The van der Waals surface area contributed by atoms with Crippen LogP contribution in [-0.4, -0.2) is 5.78 Å². The minimum Gasteiger partial charge on any atom is -0.294 e. The van der Waals surface area contributed by atoms with Gasteiger partial charge in [-0.15, -0.1) is 0 Å². The Bertz CT molecular complexity index is 305. The first-order valence-corrected chi connectivity index (χ1v) is 4.40. The summed E-state index contributed by atoms with van der Waals surface area (Å²) in [5, 5.41) is 0. The highest BCUT2D eigenvalue weighted by Gasteiger charge is 2.22. The lowest BCUT2D eigenvalue weighted by Gasteiger charge is -1.98. The number of carbonyl (C=O) groups excluding carboxylic acids is 1. The molecule has 1 atom stereocenters. The molecule has 62 valence electrons. The molecule has 0 aliphatic heterocycles. The van der Waals surface area contributed by atoms with Crippen LogP contribution in [0.25, 0.3) is 0 Å². The van der Waals surface area contributed by atoms with Gasteiger partial charge < -0.3 is 0 Å². The van der Waals surface area contributed by atoms with E-state index in [0.717, 1.165) is 12.0 Å². The second kappa shape index (κ2) is 2.74. The fraction of sp³-hybridized carbons (Fsp3) is 0.364. The van der Waals surface area contributed by atoms with Crippen molar-refractivity contribution in [2.24, 2.45) is 5.92 Å². The Hall–Kier alpha value is -1.11. The molecule has 12 heavy (non-hydrogen) atoms. The molecule has 1 heteroatoms. The zero-order valence-corrected chi connectivity index (χ0v) is 7.21. The van der Waals surface area contributed by atoms with Gasteiger partial charge in [0.2, 0.25) is 0 Å². The third kappa shape index (κ3) is 1.15. The Morgan fingerprint density at radius 3 is 3.08 bits per heavy atom. The summed E-state index contributed by atoms with van der Waals surface area (Å²) in [4.78, 5) is 11.4. The number of ketones is 1. The Morgan fingerprint density at radius 1 is 1.42 bits per heavy atom. The second-order valence-electron chi connectivity index (χ2n) is 3.44. The van der Waals surface area contributed by atoms with Crippen LogP contribution in [0.2, 0.25) is 0 Å². The Balaban J connectivity index is 2.43. The number of fused-ring (bicyclic) bond motifs is 1. The van der Waals surface area contributed by atoms with Crippen LogP contribution in [0.3, 0.4) is 0 Å². The molecule has 0 aromatic carbocycles. The highest BCUT2D eigenvalue weighted by molar-refractivity contribution is 6.03. The van der Waals surface area contributed by atoms with Crippen molar-refractivity contribution >= 4 is 5.78 Å². The average molecular weight is 160 g/mol. The summed E-state index contributed by atoms with van der Waals surface area (Å²) in [7, 11) is 0. The zero-order chi connectivity index (χ0) is 8.55. The molecule has 0 saturated heterocycles. The third-order valence-electron chi connectivity index (χ3n) is 2.41. The summed E-state index contributed by atoms with van der Waals surface area (Å²) in [6.07, 6.45) is 9.96. The minimum absolute atomic E-state index is 0.316. The Labute approximate surface area is 72.5 Å². The van der Waals surface area contributed by atoms with Gasteiger partial charge in [0.25, 0.3) is 0 Å². The molecule has 0 aromatic heterocycles. The van der Waals surface area contributed by atoms with Crippen LogP contribution in [0.15, 0.2) is 35.5 Å². The maximum Gasteiger partial charge on any atom is 0.163 e. The van der Waals surface area contributed by atoms with Crippen LogP contribution in [0.1, 0.15) is 19.8 Å². The van der Waals surface area contributed by atoms with Crippen LogP contribution >= 0.6 is 0 Å². The van der Waals surface area contributed by atoms with E-state index in [0.29, 0.717) is 18.1 Å². The van der Waals surface area contributed by atoms with Crippen molar-refractivity contribution in [2.45, 2.75) is 19.8 Å². The van der Waals surface area contributed by atoms with Gasteiger partial charge in [-0.1, -0.05) is 31.2 Å². The maximum absolute atomic E-state index is 11.4. The van der Waals surface area contributed by atoms with E-state index >= 15 is 0 Å². The van der Waals surface area contributed by atoms with E-state index in [4.69, 9.17) is 0 Å². The average Bonchev–Trinajstić information content (AvgIpc) is 2.31. The smallest absolute Gasteiger partial charge is 0.163 e. The van der Waals surface area contributed by atoms with E-state index in [-0.39, 0.29) is 0 Å². The minimum atomic E-state index is 0.316. The van der Waals surface area contributed by atoms with E-state index in [9.17, 15) is 4.79 Å². The molecule has 0 spiro atoms. The van der Waals surface area contributed by atoms with Gasteiger partial charge in [0.1, 0.15) is 0 Å². The van der Waals surface area contributed by atoms with Gasteiger partial charge in [-0.05, 0) is 17.9 Å². The highest BCUT2D eigenvalue weighted by atomic mass is 16.1. The summed E-state index contributed by atoms with van der Waals surface area (Å²) in [5.74, 6) is 0.715. The van der Waals surface area contributed by atoms with Crippen molar-refractivity contribution in [3.8, 4) is 0 Å². The van der Waals surface area contributed by atoms with Crippen LogP contribution in [-0.2, 0) is 4.79 Å². The van der Waals surface area contributed by atoms with Crippen molar-refractivity contribution in [1.29, 1.82) is 0 Å². The standard InChI is InChI=1S/C11H12O/c1-8-3-2-4-9-5-6-11(12)10(9)7-8/h2-4,7-8H,5-6H2,1H3. The summed E-state index contributed by atoms with van der Waals surface area (Å²) < 4.78 is 0. The second-order valence-corrected chi connectivity index (χ2v) is 3.44. The molecule has 0 amide bonds. The number of hydrogen-bond donors (Lipinski definition) is 0. The van der Waals surface area contributed by atoms with Gasteiger partial charge in [-0.2, -0.15) is 0 Å². The number of allylic oxidation sites excluding steroid dienone is 6. The topological polar surface area (TPSA) is 17.1 Å². The van der Waals surface area contributed by atoms with Crippen molar-refractivity contribution in [3.05, 3.63) is 35.5 Å². The molecule has 2 aliphatic carbocycles. The van der Waals surface area contributed by atoms with Gasteiger partial charge >= 0.3 is 0 Å². The fourth-order valence-corrected chi connectivity index (χ4v) is 1.74. The SMILES string of the molecule is CC1C=CC=C2CCC(=O)C2=C1. The summed E-state index contributed by atoms with van der Waals surface area (Å²) >= 11 is 0. The van der Waals surface area contributed by atoms with Crippen LogP contribution < -0.4 is 0 Å². The molecule has 0 aromatic rings. The van der Waals surface area contributed by atoms with Crippen molar-refractivity contribution in [1.82, 2.24) is 0 Å². The zero-order valence-electron chi connectivity index (χ0n) is 7.21. The predicted molar refractivity (Wildman–Crippen MR) is 48.7 cm³/mol. The molecule has 0 heterocycles. The van der Waals surface area contributed by atoms with Gasteiger partial charge in [-0.3, -0.25) is 4.79 Å². The largest absolute Gasteiger partial charge is 0.294 e. The molecule has 0 bridgehead atoms. The first-order chi connectivity index (χ1) is 5.77. The molecule has 0 N–H and O–H groups in total. The van der Waals surface area contributed by atoms with E-state index in [1.54, 1.807) is 0 Å². The van der Waals surface area contributed by atoms with E-state index < -0.39 is 0 Å².